The number of nitrogens with zero attached hydrogens (tertiary/aromatic N) is 1. The van der Waals surface area contributed by atoms with E-state index >= 15 is 0 Å². The van der Waals surface area contributed by atoms with Crippen molar-refractivity contribution in [1.82, 2.24) is 4.98 Å². The Balaban J connectivity index is 2.07. The Kier molecular flexibility index (Phi) is 4.09. The molecule has 1 aromatic heterocycles. The summed E-state index contributed by atoms with van der Waals surface area (Å²) in [7, 11) is 0. The van der Waals surface area contributed by atoms with Crippen molar-refractivity contribution in [2.75, 3.05) is 5.32 Å². The minimum absolute atomic E-state index is 0.392. The Morgan fingerprint density at radius 3 is 2.94 bits per heavy atom. The average Bonchev–Trinajstić information content (AvgIpc) is 2.78. The van der Waals surface area contributed by atoms with Gasteiger partial charge >= 0.3 is 0 Å². The molecule has 2 aromatic rings. The third kappa shape index (κ3) is 3.24. The minimum atomic E-state index is 0.392. The maximum atomic E-state index is 5.59. The molecule has 0 saturated heterocycles. The smallest absolute Gasteiger partial charge is 0.112 e. The lowest BCUT2D eigenvalue weighted by Gasteiger charge is -2.07. The van der Waals surface area contributed by atoms with Crippen LogP contribution >= 0.6 is 39.5 Å². The van der Waals surface area contributed by atoms with Crippen LogP contribution in [0.15, 0.2) is 34.2 Å². The van der Waals surface area contributed by atoms with Crippen LogP contribution in [0.25, 0.3) is 0 Å². The highest BCUT2D eigenvalue weighted by Gasteiger charge is 2.04. The molecule has 0 aliphatic heterocycles. The molecule has 0 atom stereocenters. The number of benzene rings is 1. The lowest BCUT2D eigenvalue weighted by molar-refractivity contribution is 1.10. The third-order valence-electron chi connectivity index (χ3n) is 2.16. The second kappa shape index (κ2) is 5.57. The van der Waals surface area contributed by atoms with Gasteiger partial charge in [0.1, 0.15) is 10.00 Å². The molecule has 0 amide bonds. The van der Waals surface area contributed by atoms with Crippen LogP contribution in [0.2, 0.25) is 0 Å². The molecule has 0 radical (unpaired) electrons. The summed E-state index contributed by atoms with van der Waals surface area (Å²) in [5, 5.41) is 6.30. The number of halogens is 1. The zero-order chi connectivity index (χ0) is 12.3. The van der Waals surface area contributed by atoms with Crippen LogP contribution in [-0.4, -0.2) is 9.97 Å². The number of hydrogen-bond acceptors (Lipinski definition) is 4. The fraction of sp³-hybridized carbons (Fsp3) is 0.0909. The molecule has 2 rings (SSSR count). The quantitative estimate of drug-likeness (QED) is 0.847. The van der Waals surface area contributed by atoms with Crippen LogP contribution in [0.3, 0.4) is 0 Å². The van der Waals surface area contributed by atoms with Crippen molar-refractivity contribution in [3.63, 3.8) is 0 Å². The van der Waals surface area contributed by atoms with E-state index in [1.54, 1.807) is 17.5 Å². The number of hydrogen-bond donors (Lipinski definition) is 2. The van der Waals surface area contributed by atoms with Crippen LogP contribution in [0.1, 0.15) is 10.6 Å². The Morgan fingerprint density at radius 1 is 1.53 bits per heavy atom. The van der Waals surface area contributed by atoms with E-state index < -0.39 is 0 Å². The molecule has 0 saturated carbocycles. The van der Waals surface area contributed by atoms with Gasteiger partial charge < -0.3 is 11.1 Å². The predicted molar refractivity (Wildman–Crippen MR) is 79.5 cm³/mol. The van der Waals surface area contributed by atoms with Gasteiger partial charge in [-0.15, -0.1) is 11.3 Å². The molecule has 0 fully saturated rings. The van der Waals surface area contributed by atoms with E-state index in [0.717, 1.165) is 27.3 Å². The summed E-state index contributed by atoms with van der Waals surface area (Å²) in [6.07, 6.45) is 1.80. The van der Waals surface area contributed by atoms with E-state index in [9.17, 15) is 0 Å². The van der Waals surface area contributed by atoms with E-state index in [2.05, 4.69) is 26.2 Å². The predicted octanol–water partition coefficient (Wildman–Crippen LogP) is 3.15. The molecule has 0 unspecified atom stereocenters. The first-order valence-electron chi connectivity index (χ1n) is 4.88. The molecule has 0 spiro atoms. The van der Waals surface area contributed by atoms with E-state index in [1.807, 2.05) is 23.6 Å². The first-order chi connectivity index (χ1) is 8.16. The van der Waals surface area contributed by atoms with Gasteiger partial charge in [-0.05, 0) is 34.1 Å². The molecule has 0 aliphatic rings. The van der Waals surface area contributed by atoms with Crippen molar-refractivity contribution < 1.29 is 0 Å². The minimum Gasteiger partial charge on any atom is -0.389 e. The van der Waals surface area contributed by atoms with Crippen molar-refractivity contribution in [2.45, 2.75) is 6.54 Å². The van der Waals surface area contributed by atoms with Crippen molar-refractivity contribution in [1.29, 1.82) is 0 Å². The summed E-state index contributed by atoms with van der Waals surface area (Å²) in [5.74, 6) is 0. The van der Waals surface area contributed by atoms with Gasteiger partial charge in [0, 0.05) is 27.3 Å². The molecule has 0 bridgehead atoms. The van der Waals surface area contributed by atoms with Gasteiger partial charge in [0.2, 0.25) is 0 Å². The van der Waals surface area contributed by atoms with Gasteiger partial charge in [-0.3, -0.25) is 0 Å². The second-order valence-electron chi connectivity index (χ2n) is 3.34. The highest BCUT2D eigenvalue weighted by molar-refractivity contribution is 9.10. The fourth-order valence-corrected chi connectivity index (χ4v) is 2.80. The normalized spacial score (nSPS) is 10.2. The number of rotatable bonds is 4. The van der Waals surface area contributed by atoms with Gasteiger partial charge in [-0.2, -0.15) is 0 Å². The lowest BCUT2D eigenvalue weighted by atomic mass is 10.2. The number of aromatic nitrogens is 1. The highest BCUT2D eigenvalue weighted by atomic mass is 79.9. The molecule has 88 valence electrons. The van der Waals surface area contributed by atoms with E-state index in [4.69, 9.17) is 18.0 Å². The van der Waals surface area contributed by atoms with Crippen LogP contribution in [0.4, 0.5) is 5.69 Å². The molecular weight excluding hydrogens is 318 g/mol. The number of nitrogens with one attached hydrogen (secondary N) is 1. The van der Waals surface area contributed by atoms with Crippen LogP contribution in [0.5, 0.6) is 0 Å². The largest absolute Gasteiger partial charge is 0.389 e. The molecule has 17 heavy (non-hydrogen) atoms. The first-order valence-corrected chi connectivity index (χ1v) is 6.96. The maximum Gasteiger partial charge on any atom is 0.112 e. The van der Waals surface area contributed by atoms with Crippen molar-refractivity contribution in [3.05, 3.63) is 44.8 Å². The van der Waals surface area contributed by atoms with Gasteiger partial charge in [-0.25, -0.2) is 4.98 Å². The molecule has 6 heteroatoms. The standard InChI is InChI=1S/C11H10BrN3S2/c12-9-5-7(1-2-8(9)11(13)16)15-6-10-14-3-4-17-10/h1-5,15H,6H2,(H2,13,16). The zero-order valence-corrected chi connectivity index (χ0v) is 12.0. The van der Waals surface area contributed by atoms with Crippen LogP contribution in [0, 0.1) is 0 Å². The van der Waals surface area contributed by atoms with Crippen molar-refractivity contribution in [2.24, 2.45) is 5.73 Å². The number of thiazole rings is 1. The molecule has 0 aliphatic carbocycles. The second-order valence-corrected chi connectivity index (χ2v) is 5.61. The van der Waals surface area contributed by atoms with Gasteiger partial charge in [0.05, 0.1) is 6.54 Å². The Bertz CT molecular complexity index is 526. The van der Waals surface area contributed by atoms with Gasteiger partial charge in [0.15, 0.2) is 0 Å². The fourth-order valence-electron chi connectivity index (χ4n) is 1.34. The Morgan fingerprint density at radius 2 is 2.35 bits per heavy atom. The van der Waals surface area contributed by atoms with Crippen LogP contribution < -0.4 is 11.1 Å². The van der Waals surface area contributed by atoms with Gasteiger partial charge in [0.25, 0.3) is 0 Å². The first kappa shape index (κ1) is 12.5. The van der Waals surface area contributed by atoms with Crippen molar-refractivity contribution >= 4 is 50.2 Å². The summed E-state index contributed by atoms with van der Waals surface area (Å²) in [5.41, 5.74) is 7.44. The molecular formula is C11H10BrN3S2. The van der Waals surface area contributed by atoms with Gasteiger partial charge in [-0.1, -0.05) is 12.2 Å². The Labute approximate surface area is 117 Å². The lowest BCUT2D eigenvalue weighted by Crippen LogP contribution is -2.10. The van der Waals surface area contributed by atoms with E-state index in [0.29, 0.717) is 4.99 Å². The summed E-state index contributed by atoms with van der Waals surface area (Å²) in [4.78, 5) is 4.60. The summed E-state index contributed by atoms with van der Waals surface area (Å²) in [6, 6.07) is 5.81. The third-order valence-corrected chi connectivity index (χ3v) is 3.82. The number of thiocarbonyl (C=S) groups is 1. The van der Waals surface area contributed by atoms with E-state index in [-0.39, 0.29) is 0 Å². The molecule has 1 heterocycles. The SMILES string of the molecule is NC(=S)c1ccc(NCc2nccs2)cc1Br. The summed E-state index contributed by atoms with van der Waals surface area (Å²) in [6.45, 7) is 0.719. The number of nitrogens with two attached hydrogens (primary N) is 1. The Hall–Kier alpha value is -0.980. The molecule has 3 N–H and O–H groups in total. The maximum absolute atomic E-state index is 5.59. The van der Waals surface area contributed by atoms with Crippen LogP contribution in [-0.2, 0) is 6.54 Å². The summed E-state index contributed by atoms with van der Waals surface area (Å²) >= 11 is 10.0. The number of anilines is 1. The zero-order valence-electron chi connectivity index (χ0n) is 8.81. The molecule has 3 nitrogen and oxygen atoms in total. The van der Waals surface area contributed by atoms with Crippen molar-refractivity contribution in [3.8, 4) is 0 Å². The highest BCUT2D eigenvalue weighted by Crippen LogP contribution is 2.22. The monoisotopic (exact) mass is 327 g/mol. The topological polar surface area (TPSA) is 50.9 Å². The molecule has 1 aromatic carbocycles. The summed E-state index contributed by atoms with van der Waals surface area (Å²) < 4.78 is 0.897. The van der Waals surface area contributed by atoms with E-state index in [1.165, 1.54) is 0 Å². The average molecular weight is 328 g/mol.